The van der Waals surface area contributed by atoms with Crippen molar-refractivity contribution in [2.75, 3.05) is 11.9 Å². The van der Waals surface area contributed by atoms with E-state index in [4.69, 9.17) is 16.7 Å². The predicted molar refractivity (Wildman–Crippen MR) is 130 cm³/mol. The summed E-state index contributed by atoms with van der Waals surface area (Å²) in [6, 6.07) is 3.42. The average molecular weight is 591 g/mol. The number of hydrogen-bond donors (Lipinski definition) is 4. The van der Waals surface area contributed by atoms with Gasteiger partial charge < -0.3 is 15.5 Å². The molecule has 39 heavy (non-hydrogen) atoms. The molecule has 3 aromatic rings. The lowest BCUT2D eigenvalue weighted by atomic mass is 10.1. The summed E-state index contributed by atoms with van der Waals surface area (Å²) in [6.07, 6.45) is -3.45. The van der Waals surface area contributed by atoms with Crippen LogP contribution in [-0.4, -0.2) is 69.0 Å². The summed E-state index contributed by atoms with van der Waals surface area (Å²) >= 11 is 6.06. The molecule has 0 bridgehead atoms. The SMILES string of the molecule is NS(=O)(=O)OC[C@H]1C[C@@H](Nc2ncncc2C(=O)c2ccn(Cc3cc(C(F)(F)F)ccc3Cl)n2)[C@H](O)[C@@H]1O. The Labute approximate surface area is 224 Å². The highest BCUT2D eigenvalue weighted by atomic mass is 35.5. The molecule has 2 heterocycles. The quantitative estimate of drug-likeness (QED) is 0.265. The van der Waals surface area contributed by atoms with Crippen molar-refractivity contribution in [3.05, 3.63) is 70.4 Å². The van der Waals surface area contributed by atoms with Crippen LogP contribution in [0.4, 0.5) is 19.0 Å². The number of aliphatic hydroxyl groups excluding tert-OH is 2. The van der Waals surface area contributed by atoms with Crippen molar-refractivity contribution in [3.63, 3.8) is 0 Å². The number of aromatic nitrogens is 4. The molecule has 4 rings (SSSR count). The van der Waals surface area contributed by atoms with Crippen molar-refractivity contribution in [3.8, 4) is 0 Å². The van der Waals surface area contributed by atoms with Gasteiger partial charge in [-0.15, -0.1) is 0 Å². The molecule has 0 amide bonds. The highest BCUT2D eigenvalue weighted by Gasteiger charge is 2.42. The molecule has 0 aliphatic heterocycles. The molecule has 210 valence electrons. The lowest BCUT2D eigenvalue weighted by Gasteiger charge is -2.19. The number of halogens is 4. The van der Waals surface area contributed by atoms with E-state index in [1.165, 1.54) is 23.1 Å². The van der Waals surface area contributed by atoms with Crippen LogP contribution in [0.25, 0.3) is 0 Å². The fourth-order valence-corrected chi connectivity index (χ4v) is 4.70. The molecule has 0 radical (unpaired) electrons. The normalized spacial score (nSPS) is 21.7. The monoisotopic (exact) mass is 590 g/mol. The summed E-state index contributed by atoms with van der Waals surface area (Å²) in [5.41, 5.74) is -0.831. The number of anilines is 1. The molecule has 2 aromatic heterocycles. The molecule has 1 saturated carbocycles. The average Bonchev–Trinajstić information content (AvgIpc) is 3.43. The Balaban J connectivity index is 1.50. The Bertz CT molecular complexity index is 1470. The Morgan fingerprint density at radius 2 is 2.00 bits per heavy atom. The van der Waals surface area contributed by atoms with Crippen LogP contribution in [0.1, 0.15) is 33.6 Å². The number of aliphatic hydroxyl groups is 2. The maximum Gasteiger partial charge on any atom is 0.416 e. The van der Waals surface area contributed by atoms with Gasteiger partial charge in [0, 0.05) is 23.3 Å². The number of ketones is 1. The van der Waals surface area contributed by atoms with E-state index in [-0.39, 0.29) is 40.6 Å². The lowest BCUT2D eigenvalue weighted by Crippen LogP contribution is -2.36. The second-order valence-electron chi connectivity index (χ2n) is 8.82. The Hall–Kier alpha value is -3.15. The summed E-state index contributed by atoms with van der Waals surface area (Å²) < 4.78 is 67.1. The van der Waals surface area contributed by atoms with E-state index < -0.39 is 58.6 Å². The maximum atomic E-state index is 13.2. The predicted octanol–water partition coefficient (Wildman–Crippen LogP) is 1.37. The number of carbonyl (C=O) groups excluding carboxylic acids is 1. The molecule has 0 spiro atoms. The largest absolute Gasteiger partial charge is 0.416 e. The van der Waals surface area contributed by atoms with Gasteiger partial charge in [-0.2, -0.15) is 26.7 Å². The second-order valence-corrected chi connectivity index (χ2v) is 10.5. The number of benzene rings is 1. The summed E-state index contributed by atoms with van der Waals surface area (Å²) in [7, 11) is -4.25. The van der Waals surface area contributed by atoms with Crippen molar-refractivity contribution in [2.45, 2.75) is 37.4 Å². The molecule has 5 N–H and O–H groups in total. The number of alkyl halides is 3. The molecule has 0 saturated heterocycles. The molecule has 12 nitrogen and oxygen atoms in total. The first kappa shape index (κ1) is 28.8. The molecule has 4 atom stereocenters. The van der Waals surface area contributed by atoms with Crippen molar-refractivity contribution >= 4 is 33.5 Å². The van der Waals surface area contributed by atoms with E-state index >= 15 is 0 Å². The first-order valence-electron chi connectivity index (χ1n) is 11.3. The first-order chi connectivity index (χ1) is 18.2. The lowest BCUT2D eigenvalue weighted by molar-refractivity contribution is -0.137. The van der Waals surface area contributed by atoms with Crippen molar-refractivity contribution in [1.82, 2.24) is 19.7 Å². The van der Waals surface area contributed by atoms with Gasteiger partial charge in [0.15, 0.2) is 0 Å². The highest BCUT2D eigenvalue weighted by molar-refractivity contribution is 7.84. The Kier molecular flexibility index (Phi) is 8.25. The van der Waals surface area contributed by atoms with Crippen LogP contribution >= 0.6 is 11.6 Å². The smallest absolute Gasteiger partial charge is 0.390 e. The Morgan fingerprint density at radius 1 is 1.26 bits per heavy atom. The number of nitrogens with one attached hydrogen (secondary N) is 1. The van der Waals surface area contributed by atoms with E-state index in [1.54, 1.807) is 0 Å². The number of hydrogen-bond acceptors (Lipinski definition) is 10. The number of nitrogens with zero attached hydrogens (tertiary/aromatic N) is 4. The highest BCUT2D eigenvalue weighted by Crippen LogP contribution is 2.32. The summed E-state index contributed by atoms with van der Waals surface area (Å²) in [5, 5.41) is 32.6. The third-order valence-corrected chi connectivity index (χ3v) is 6.94. The first-order valence-corrected chi connectivity index (χ1v) is 13.1. The van der Waals surface area contributed by atoms with Crippen LogP contribution in [0.5, 0.6) is 0 Å². The summed E-state index contributed by atoms with van der Waals surface area (Å²) in [5.74, 6) is -1.40. The van der Waals surface area contributed by atoms with E-state index in [0.717, 1.165) is 24.5 Å². The number of rotatable bonds is 9. The van der Waals surface area contributed by atoms with Crippen molar-refractivity contribution in [1.29, 1.82) is 0 Å². The summed E-state index contributed by atoms with van der Waals surface area (Å²) in [6.45, 7) is -0.599. The van der Waals surface area contributed by atoms with Gasteiger partial charge in [-0.05, 0) is 36.2 Å². The van der Waals surface area contributed by atoms with Gasteiger partial charge in [0.25, 0.3) is 0 Å². The maximum absolute atomic E-state index is 13.2. The molecule has 1 aliphatic carbocycles. The molecule has 1 fully saturated rings. The number of carbonyl (C=O) groups is 1. The van der Waals surface area contributed by atoms with E-state index in [1.807, 2.05) is 0 Å². The molecular weight excluding hydrogens is 569 g/mol. The van der Waals surface area contributed by atoms with Gasteiger partial charge in [-0.1, -0.05) is 11.6 Å². The zero-order chi connectivity index (χ0) is 28.5. The molecule has 17 heteroatoms. The minimum atomic E-state index is -4.56. The zero-order valence-electron chi connectivity index (χ0n) is 19.8. The van der Waals surface area contributed by atoms with Gasteiger partial charge in [0.1, 0.15) is 23.9 Å². The second kappa shape index (κ2) is 11.1. The topological polar surface area (TPSA) is 183 Å². The van der Waals surface area contributed by atoms with E-state index in [9.17, 15) is 36.6 Å². The van der Waals surface area contributed by atoms with Crippen LogP contribution in [0, 0.1) is 5.92 Å². The van der Waals surface area contributed by atoms with Crippen LogP contribution in [0.15, 0.2) is 43.0 Å². The van der Waals surface area contributed by atoms with Crippen LogP contribution in [0.3, 0.4) is 0 Å². The zero-order valence-corrected chi connectivity index (χ0v) is 21.4. The van der Waals surface area contributed by atoms with Crippen LogP contribution in [-0.2, 0) is 27.2 Å². The van der Waals surface area contributed by atoms with E-state index in [0.29, 0.717) is 0 Å². The molecule has 1 aliphatic rings. The van der Waals surface area contributed by atoms with E-state index in [2.05, 4.69) is 24.6 Å². The van der Waals surface area contributed by atoms with Crippen LogP contribution < -0.4 is 10.5 Å². The van der Waals surface area contributed by atoms with Gasteiger partial charge in [-0.3, -0.25) is 13.7 Å². The van der Waals surface area contributed by atoms with Gasteiger partial charge in [-0.25, -0.2) is 15.1 Å². The van der Waals surface area contributed by atoms with Gasteiger partial charge >= 0.3 is 16.5 Å². The van der Waals surface area contributed by atoms with Crippen LogP contribution in [0.2, 0.25) is 5.02 Å². The fourth-order valence-electron chi connectivity index (χ4n) is 4.16. The molecule has 1 aromatic carbocycles. The fraction of sp³-hybridized carbons (Fsp3) is 0.364. The third-order valence-electron chi connectivity index (χ3n) is 6.11. The van der Waals surface area contributed by atoms with Crippen molar-refractivity contribution < 1.29 is 40.8 Å². The molecular formula is C22H22ClF3N6O6S. The van der Waals surface area contributed by atoms with Crippen molar-refractivity contribution in [2.24, 2.45) is 11.1 Å². The Morgan fingerprint density at radius 3 is 2.69 bits per heavy atom. The minimum Gasteiger partial charge on any atom is -0.390 e. The van der Waals surface area contributed by atoms with Gasteiger partial charge in [0.05, 0.1) is 36.4 Å². The number of nitrogens with two attached hydrogens (primary N) is 1. The van der Waals surface area contributed by atoms with Gasteiger partial charge in [0.2, 0.25) is 5.78 Å². The molecule has 0 unspecified atom stereocenters. The standard InChI is InChI=1S/C22H22ClF3N6O6S/c23-15-2-1-13(22(24,25)26)5-11(15)8-32-4-3-16(31-32)19(34)14-7-28-10-29-21(14)30-17-6-12(18(33)20(17)35)9-38-39(27,36)37/h1-5,7,10,12,17-18,20,33,35H,6,8-9H2,(H2,27,36,37)(H,28,29,30)/t12-,17-,18-,20+/m1/s1. The summed E-state index contributed by atoms with van der Waals surface area (Å²) in [4.78, 5) is 21.1. The third kappa shape index (κ3) is 6.90. The minimum absolute atomic E-state index is 0.00902.